The Hall–Kier alpha value is -1.50. The first-order chi connectivity index (χ1) is 7.89. The summed E-state index contributed by atoms with van der Waals surface area (Å²) in [5.74, 6) is 0.968. The van der Waals surface area contributed by atoms with Crippen molar-refractivity contribution >= 4 is 0 Å². The van der Waals surface area contributed by atoms with Gasteiger partial charge >= 0.3 is 0 Å². The molecule has 1 aromatic heterocycles. The van der Waals surface area contributed by atoms with Crippen LogP contribution in [0, 0.1) is 12.3 Å². The lowest BCUT2D eigenvalue weighted by molar-refractivity contribution is 0.469. The van der Waals surface area contributed by atoms with Gasteiger partial charge in [0.05, 0.1) is 6.26 Å². The van der Waals surface area contributed by atoms with Crippen molar-refractivity contribution in [3.05, 3.63) is 60.6 Å². The van der Waals surface area contributed by atoms with E-state index in [1.807, 2.05) is 55.5 Å². The van der Waals surface area contributed by atoms with Gasteiger partial charge in [-0.2, -0.15) is 0 Å². The second kappa shape index (κ2) is 8.63. The average molecular weight is 232 g/mol. The van der Waals surface area contributed by atoms with Gasteiger partial charge in [-0.25, -0.2) is 0 Å². The summed E-state index contributed by atoms with van der Waals surface area (Å²) in [5.41, 5.74) is 0.500. The topological polar surface area (TPSA) is 13.1 Å². The van der Waals surface area contributed by atoms with Crippen molar-refractivity contribution in [2.75, 3.05) is 0 Å². The summed E-state index contributed by atoms with van der Waals surface area (Å²) in [7, 11) is 0. The van der Waals surface area contributed by atoms with Crippen molar-refractivity contribution in [2.45, 2.75) is 34.6 Å². The minimum absolute atomic E-state index is 0.500. The summed E-state index contributed by atoms with van der Waals surface area (Å²) in [6, 6.07) is 15.8. The molecular formula is C16H24O. The van der Waals surface area contributed by atoms with Gasteiger partial charge in [-0.05, 0) is 24.5 Å². The molecule has 0 atom stereocenters. The average Bonchev–Trinajstić information content (AvgIpc) is 2.70. The second-order valence-corrected chi connectivity index (χ2v) is 5.38. The lowest BCUT2D eigenvalue weighted by atomic mass is 10.0. The largest absolute Gasteiger partial charge is 0.470 e. The molecule has 1 heterocycles. The molecule has 0 N–H and O–H groups in total. The number of aryl methyl sites for hydroxylation is 1. The Morgan fingerprint density at radius 1 is 0.765 bits per heavy atom. The molecule has 2 aromatic rings. The number of benzene rings is 1. The van der Waals surface area contributed by atoms with E-state index in [-0.39, 0.29) is 0 Å². The zero-order chi connectivity index (χ0) is 13.1. The molecule has 0 bridgehead atoms. The SMILES string of the molecule is CC(C)(C)C.Cc1ccco1.c1ccccc1. The number of hydrogen-bond acceptors (Lipinski definition) is 1. The fourth-order valence-corrected chi connectivity index (χ4v) is 0.746. The van der Waals surface area contributed by atoms with Crippen molar-refractivity contribution in [3.63, 3.8) is 0 Å². The molecule has 0 saturated carbocycles. The van der Waals surface area contributed by atoms with Gasteiger partial charge in [0.1, 0.15) is 5.76 Å². The Labute approximate surface area is 105 Å². The van der Waals surface area contributed by atoms with E-state index in [0.717, 1.165) is 5.76 Å². The summed E-state index contributed by atoms with van der Waals surface area (Å²) >= 11 is 0. The minimum Gasteiger partial charge on any atom is -0.470 e. The fourth-order valence-electron chi connectivity index (χ4n) is 0.746. The standard InChI is InChI=1S/C6H6.C5H6O.C5H12/c1-2-4-6-5-3-1;1-5-3-2-4-6-5;1-5(2,3)4/h1-6H;2-4H,1H3;1-4H3. The van der Waals surface area contributed by atoms with Crippen molar-refractivity contribution in [1.29, 1.82) is 0 Å². The van der Waals surface area contributed by atoms with E-state index < -0.39 is 0 Å². The number of rotatable bonds is 0. The summed E-state index contributed by atoms with van der Waals surface area (Å²) in [6.07, 6.45) is 1.66. The molecule has 2 rings (SSSR count). The minimum atomic E-state index is 0.500. The van der Waals surface area contributed by atoms with Crippen molar-refractivity contribution < 1.29 is 4.42 Å². The second-order valence-electron chi connectivity index (χ2n) is 5.38. The van der Waals surface area contributed by atoms with Gasteiger partial charge in [0, 0.05) is 0 Å². The van der Waals surface area contributed by atoms with Crippen LogP contribution in [0.1, 0.15) is 33.5 Å². The zero-order valence-corrected chi connectivity index (χ0v) is 11.6. The first-order valence-electron chi connectivity index (χ1n) is 5.90. The Morgan fingerprint density at radius 3 is 1.24 bits per heavy atom. The Morgan fingerprint density at radius 2 is 1.12 bits per heavy atom. The zero-order valence-electron chi connectivity index (χ0n) is 11.6. The highest BCUT2D eigenvalue weighted by atomic mass is 16.3. The van der Waals surface area contributed by atoms with Gasteiger partial charge in [0.2, 0.25) is 0 Å². The number of furan rings is 1. The van der Waals surface area contributed by atoms with E-state index >= 15 is 0 Å². The third-order valence-electron chi connectivity index (χ3n) is 1.33. The van der Waals surface area contributed by atoms with Crippen LogP contribution < -0.4 is 0 Å². The fraction of sp³-hybridized carbons (Fsp3) is 0.375. The summed E-state index contributed by atoms with van der Waals surface area (Å²) in [5, 5.41) is 0. The predicted octanol–water partition coefficient (Wildman–Crippen LogP) is 5.33. The lowest BCUT2D eigenvalue weighted by Gasteiger charge is -2.05. The van der Waals surface area contributed by atoms with Gasteiger partial charge in [-0.1, -0.05) is 64.1 Å². The molecule has 1 heteroatoms. The first kappa shape index (κ1) is 15.5. The Bertz CT molecular complexity index is 308. The summed E-state index contributed by atoms with van der Waals surface area (Å²) in [6.45, 7) is 10.7. The molecule has 1 nitrogen and oxygen atoms in total. The molecular weight excluding hydrogens is 208 g/mol. The van der Waals surface area contributed by atoms with E-state index in [2.05, 4.69) is 27.7 Å². The van der Waals surface area contributed by atoms with Crippen LogP contribution in [0.4, 0.5) is 0 Å². The van der Waals surface area contributed by atoms with Crippen molar-refractivity contribution in [1.82, 2.24) is 0 Å². The number of hydrogen-bond donors (Lipinski definition) is 0. The van der Waals surface area contributed by atoms with Gasteiger partial charge < -0.3 is 4.42 Å². The molecule has 94 valence electrons. The van der Waals surface area contributed by atoms with Crippen LogP contribution in [0.15, 0.2) is 59.2 Å². The van der Waals surface area contributed by atoms with Crippen LogP contribution in [0.25, 0.3) is 0 Å². The molecule has 0 unspecified atom stereocenters. The highest BCUT2D eigenvalue weighted by Gasteiger charge is 1.95. The molecule has 1 aromatic carbocycles. The van der Waals surface area contributed by atoms with Gasteiger partial charge in [0.15, 0.2) is 0 Å². The van der Waals surface area contributed by atoms with Gasteiger partial charge in [0.25, 0.3) is 0 Å². The molecule has 17 heavy (non-hydrogen) atoms. The van der Waals surface area contributed by atoms with Crippen LogP contribution in [-0.4, -0.2) is 0 Å². The third-order valence-corrected chi connectivity index (χ3v) is 1.33. The monoisotopic (exact) mass is 232 g/mol. The highest BCUT2D eigenvalue weighted by molar-refractivity contribution is 4.99. The van der Waals surface area contributed by atoms with Crippen LogP contribution in [-0.2, 0) is 0 Å². The molecule has 0 aliphatic heterocycles. The molecule has 0 radical (unpaired) electrons. The Kier molecular flexibility index (Phi) is 7.87. The van der Waals surface area contributed by atoms with E-state index in [4.69, 9.17) is 4.42 Å². The molecule has 0 aliphatic carbocycles. The van der Waals surface area contributed by atoms with Gasteiger partial charge in [-0.3, -0.25) is 0 Å². The molecule has 0 fully saturated rings. The molecule has 0 amide bonds. The maximum absolute atomic E-state index is 4.83. The van der Waals surface area contributed by atoms with E-state index in [9.17, 15) is 0 Å². The normalized spacial score (nSPS) is 9.47. The summed E-state index contributed by atoms with van der Waals surface area (Å²) < 4.78 is 4.83. The van der Waals surface area contributed by atoms with Crippen molar-refractivity contribution in [3.8, 4) is 0 Å². The van der Waals surface area contributed by atoms with Crippen molar-refractivity contribution in [2.24, 2.45) is 5.41 Å². The van der Waals surface area contributed by atoms with Crippen LogP contribution in [0.2, 0.25) is 0 Å². The Balaban J connectivity index is 0.000000228. The van der Waals surface area contributed by atoms with E-state index in [1.54, 1.807) is 6.26 Å². The lowest BCUT2D eigenvalue weighted by Crippen LogP contribution is -1.93. The van der Waals surface area contributed by atoms with Gasteiger partial charge in [-0.15, -0.1) is 0 Å². The molecule has 0 saturated heterocycles. The van der Waals surface area contributed by atoms with Crippen LogP contribution >= 0.6 is 0 Å². The maximum Gasteiger partial charge on any atom is 0.100 e. The highest BCUT2D eigenvalue weighted by Crippen LogP contribution is 2.08. The first-order valence-corrected chi connectivity index (χ1v) is 5.90. The third kappa shape index (κ3) is 17.1. The summed E-state index contributed by atoms with van der Waals surface area (Å²) in [4.78, 5) is 0. The van der Waals surface area contributed by atoms with Crippen LogP contribution in [0.3, 0.4) is 0 Å². The smallest absolute Gasteiger partial charge is 0.100 e. The predicted molar refractivity (Wildman–Crippen MR) is 75.0 cm³/mol. The quantitative estimate of drug-likeness (QED) is 0.598. The molecule has 0 aliphatic rings. The maximum atomic E-state index is 4.83. The van der Waals surface area contributed by atoms with Crippen LogP contribution in [0.5, 0.6) is 0 Å². The van der Waals surface area contributed by atoms with E-state index in [1.165, 1.54) is 0 Å². The molecule has 0 spiro atoms. The van der Waals surface area contributed by atoms with E-state index in [0.29, 0.717) is 5.41 Å².